The fourth-order valence-corrected chi connectivity index (χ4v) is 3.16. The molecular formula is C20H26N4O. The molecule has 0 saturated carbocycles. The van der Waals surface area contributed by atoms with E-state index in [1.54, 1.807) is 6.20 Å². The minimum atomic E-state index is 0.111. The summed E-state index contributed by atoms with van der Waals surface area (Å²) in [4.78, 5) is 12.0. The van der Waals surface area contributed by atoms with Crippen LogP contribution < -0.4 is 5.32 Å². The Morgan fingerprint density at radius 2 is 2.08 bits per heavy atom. The Bertz CT molecular complexity index is 817. The van der Waals surface area contributed by atoms with Crippen LogP contribution in [0.5, 0.6) is 0 Å². The molecule has 0 aliphatic heterocycles. The van der Waals surface area contributed by atoms with Crippen LogP contribution in [0.15, 0.2) is 48.9 Å². The Balaban J connectivity index is 1.50. The molecule has 5 nitrogen and oxygen atoms in total. The van der Waals surface area contributed by atoms with E-state index in [9.17, 15) is 4.79 Å². The second kappa shape index (κ2) is 8.01. The zero-order valence-electron chi connectivity index (χ0n) is 15.0. The summed E-state index contributed by atoms with van der Waals surface area (Å²) in [6, 6.07) is 10.8. The van der Waals surface area contributed by atoms with Gasteiger partial charge in [-0.1, -0.05) is 18.2 Å². The first-order valence-electron chi connectivity index (χ1n) is 8.97. The van der Waals surface area contributed by atoms with Crippen LogP contribution >= 0.6 is 0 Å². The van der Waals surface area contributed by atoms with E-state index in [0.29, 0.717) is 19.0 Å². The van der Waals surface area contributed by atoms with Crippen LogP contribution in [0.4, 0.5) is 0 Å². The number of hydrogen-bond acceptors (Lipinski definition) is 2. The van der Waals surface area contributed by atoms with Crippen LogP contribution in [-0.2, 0) is 17.8 Å². The van der Waals surface area contributed by atoms with Crippen LogP contribution in [0.2, 0.25) is 0 Å². The van der Waals surface area contributed by atoms with Crippen molar-refractivity contribution >= 4 is 16.8 Å². The van der Waals surface area contributed by atoms with Crippen molar-refractivity contribution in [1.29, 1.82) is 0 Å². The van der Waals surface area contributed by atoms with Gasteiger partial charge in [0.05, 0.1) is 0 Å². The Labute approximate surface area is 148 Å². The number of rotatable bonds is 8. The molecule has 5 heteroatoms. The lowest BCUT2D eigenvalue weighted by Crippen LogP contribution is -2.25. The van der Waals surface area contributed by atoms with Gasteiger partial charge in [0, 0.05) is 55.0 Å². The first kappa shape index (κ1) is 17.3. The molecule has 0 atom stereocenters. The number of fused-ring (bicyclic) bond motifs is 1. The van der Waals surface area contributed by atoms with Crippen molar-refractivity contribution in [2.24, 2.45) is 0 Å². The first-order chi connectivity index (χ1) is 12.1. The molecule has 0 saturated heterocycles. The van der Waals surface area contributed by atoms with E-state index in [0.717, 1.165) is 19.4 Å². The average molecular weight is 338 g/mol. The number of hydrogen-bond donors (Lipinski definition) is 1. The molecule has 3 rings (SSSR count). The summed E-state index contributed by atoms with van der Waals surface area (Å²) in [5.74, 6) is 0.111. The molecule has 1 aromatic carbocycles. The summed E-state index contributed by atoms with van der Waals surface area (Å²) in [5, 5.41) is 8.46. The van der Waals surface area contributed by atoms with Crippen LogP contribution in [0, 0.1) is 0 Å². The van der Waals surface area contributed by atoms with Crippen molar-refractivity contribution in [2.75, 3.05) is 6.54 Å². The van der Waals surface area contributed by atoms with E-state index < -0.39 is 0 Å². The molecule has 0 aliphatic rings. The molecule has 0 aliphatic carbocycles. The molecule has 1 N–H and O–H groups in total. The minimum absolute atomic E-state index is 0.111. The number of aromatic nitrogens is 3. The molecule has 0 radical (unpaired) electrons. The maximum atomic E-state index is 12.0. The zero-order chi connectivity index (χ0) is 17.6. The largest absolute Gasteiger partial charge is 0.356 e. The molecule has 132 valence electrons. The van der Waals surface area contributed by atoms with Crippen molar-refractivity contribution in [3.63, 3.8) is 0 Å². The average Bonchev–Trinajstić information content (AvgIpc) is 3.23. The predicted molar refractivity (Wildman–Crippen MR) is 100 cm³/mol. The molecule has 0 fully saturated rings. The summed E-state index contributed by atoms with van der Waals surface area (Å²) in [6.07, 6.45) is 8.09. The maximum absolute atomic E-state index is 12.0. The molecule has 0 bridgehead atoms. The van der Waals surface area contributed by atoms with Gasteiger partial charge in [-0.15, -0.1) is 0 Å². The highest BCUT2D eigenvalue weighted by Crippen LogP contribution is 2.24. The molecule has 1 amide bonds. The third kappa shape index (κ3) is 4.29. The van der Waals surface area contributed by atoms with Gasteiger partial charge in [0.2, 0.25) is 5.91 Å². The molecule has 0 spiro atoms. The monoisotopic (exact) mass is 338 g/mol. The van der Waals surface area contributed by atoms with Crippen molar-refractivity contribution < 1.29 is 4.79 Å². The van der Waals surface area contributed by atoms with E-state index in [2.05, 4.69) is 59.3 Å². The standard InChI is InChI=1S/C20H26N4O/c1-16(2)24-15-17(18-7-3-4-8-19(18)24)10-12-21-20(25)9-5-13-23-14-6-11-22-23/h3-4,6-8,11,14-16H,5,9-10,12-13H2,1-2H3,(H,21,25). The topological polar surface area (TPSA) is 51.9 Å². The lowest BCUT2D eigenvalue weighted by molar-refractivity contribution is -0.121. The molecule has 0 unspecified atom stereocenters. The number of benzene rings is 1. The number of aryl methyl sites for hydroxylation is 1. The Morgan fingerprint density at radius 1 is 1.24 bits per heavy atom. The zero-order valence-corrected chi connectivity index (χ0v) is 15.0. The summed E-state index contributed by atoms with van der Waals surface area (Å²) in [6.45, 7) is 5.84. The summed E-state index contributed by atoms with van der Waals surface area (Å²) in [5.41, 5.74) is 2.55. The molecule has 2 aromatic heterocycles. The highest BCUT2D eigenvalue weighted by molar-refractivity contribution is 5.84. The fraction of sp³-hybridized carbons (Fsp3) is 0.400. The van der Waals surface area contributed by atoms with Gasteiger partial charge in [-0.3, -0.25) is 9.48 Å². The van der Waals surface area contributed by atoms with Gasteiger partial charge in [-0.05, 0) is 44.4 Å². The first-order valence-corrected chi connectivity index (χ1v) is 8.97. The lowest BCUT2D eigenvalue weighted by Gasteiger charge is -2.08. The van der Waals surface area contributed by atoms with Crippen LogP contribution in [0.3, 0.4) is 0 Å². The molecular weight excluding hydrogens is 312 g/mol. The number of para-hydroxylation sites is 1. The lowest BCUT2D eigenvalue weighted by atomic mass is 10.1. The number of nitrogens with zero attached hydrogens (tertiary/aromatic N) is 3. The van der Waals surface area contributed by atoms with E-state index in [-0.39, 0.29) is 5.91 Å². The minimum Gasteiger partial charge on any atom is -0.356 e. The van der Waals surface area contributed by atoms with E-state index in [1.807, 2.05) is 16.9 Å². The number of carbonyl (C=O) groups excluding carboxylic acids is 1. The van der Waals surface area contributed by atoms with E-state index in [1.165, 1.54) is 16.5 Å². The van der Waals surface area contributed by atoms with Gasteiger partial charge in [-0.25, -0.2) is 0 Å². The van der Waals surface area contributed by atoms with E-state index in [4.69, 9.17) is 0 Å². The Morgan fingerprint density at radius 3 is 2.84 bits per heavy atom. The second-order valence-corrected chi connectivity index (χ2v) is 6.65. The van der Waals surface area contributed by atoms with Gasteiger partial charge in [0.25, 0.3) is 0 Å². The number of carbonyl (C=O) groups is 1. The maximum Gasteiger partial charge on any atom is 0.220 e. The van der Waals surface area contributed by atoms with Crippen LogP contribution in [0.25, 0.3) is 10.9 Å². The molecule has 3 aromatic rings. The highest BCUT2D eigenvalue weighted by Gasteiger charge is 2.10. The Kier molecular flexibility index (Phi) is 5.53. The number of nitrogens with one attached hydrogen (secondary N) is 1. The highest BCUT2D eigenvalue weighted by atomic mass is 16.1. The summed E-state index contributed by atoms with van der Waals surface area (Å²) in [7, 11) is 0. The normalized spacial score (nSPS) is 11.3. The van der Waals surface area contributed by atoms with Gasteiger partial charge in [0.15, 0.2) is 0 Å². The predicted octanol–water partition coefficient (Wildman–Crippen LogP) is 3.56. The van der Waals surface area contributed by atoms with Crippen LogP contribution in [0.1, 0.15) is 38.3 Å². The molecule has 2 heterocycles. The molecule has 25 heavy (non-hydrogen) atoms. The van der Waals surface area contributed by atoms with Crippen molar-refractivity contribution in [2.45, 2.75) is 45.7 Å². The third-order valence-corrected chi connectivity index (χ3v) is 4.45. The van der Waals surface area contributed by atoms with Gasteiger partial charge in [0.1, 0.15) is 0 Å². The third-order valence-electron chi connectivity index (χ3n) is 4.45. The summed E-state index contributed by atoms with van der Waals surface area (Å²) >= 11 is 0. The summed E-state index contributed by atoms with van der Waals surface area (Å²) < 4.78 is 4.16. The smallest absolute Gasteiger partial charge is 0.220 e. The van der Waals surface area contributed by atoms with E-state index >= 15 is 0 Å². The number of amides is 1. The fourth-order valence-electron chi connectivity index (χ4n) is 3.16. The van der Waals surface area contributed by atoms with Crippen molar-refractivity contribution in [3.05, 3.63) is 54.5 Å². The van der Waals surface area contributed by atoms with Crippen molar-refractivity contribution in [1.82, 2.24) is 19.7 Å². The Hall–Kier alpha value is -2.56. The quantitative estimate of drug-likeness (QED) is 0.683. The second-order valence-electron chi connectivity index (χ2n) is 6.65. The van der Waals surface area contributed by atoms with Crippen molar-refractivity contribution in [3.8, 4) is 0 Å². The van der Waals surface area contributed by atoms with Gasteiger partial charge >= 0.3 is 0 Å². The van der Waals surface area contributed by atoms with Gasteiger partial charge in [-0.2, -0.15) is 5.10 Å². The van der Waals surface area contributed by atoms with Gasteiger partial charge < -0.3 is 9.88 Å². The van der Waals surface area contributed by atoms with Crippen LogP contribution in [-0.4, -0.2) is 26.8 Å². The SMILES string of the molecule is CC(C)n1cc(CCNC(=O)CCCn2cccn2)c2ccccc21.